The number of carbonyl (C=O) groups excluding carboxylic acids is 2. The van der Waals surface area contributed by atoms with Crippen molar-refractivity contribution in [2.75, 3.05) is 19.6 Å². The maximum Gasteiger partial charge on any atom is 0.315 e. The van der Waals surface area contributed by atoms with E-state index in [4.69, 9.17) is 0 Å². The minimum atomic E-state index is -1.31. The van der Waals surface area contributed by atoms with E-state index >= 15 is 0 Å². The lowest BCUT2D eigenvalue weighted by atomic mass is 9.96. The summed E-state index contributed by atoms with van der Waals surface area (Å²) in [4.78, 5) is 26.5. The van der Waals surface area contributed by atoms with Crippen molar-refractivity contribution >= 4 is 11.9 Å². The average Bonchev–Trinajstić information content (AvgIpc) is 2.73. The van der Waals surface area contributed by atoms with E-state index in [-0.39, 0.29) is 30.3 Å². The summed E-state index contributed by atoms with van der Waals surface area (Å²) in [6, 6.07) is 14.3. The SMILES string of the molecule is CC(O)(CNC(=O)NC1CCN(C(=O)c2ccccc2)CC1)c1ccc(F)cc1. The van der Waals surface area contributed by atoms with Crippen LogP contribution in [0.15, 0.2) is 54.6 Å². The lowest BCUT2D eigenvalue weighted by molar-refractivity contribution is 0.0587. The van der Waals surface area contributed by atoms with Crippen LogP contribution >= 0.6 is 0 Å². The van der Waals surface area contributed by atoms with E-state index in [1.165, 1.54) is 24.3 Å². The summed E-state index contributed by atoms with van der Waals surface area (Å²) in [7, 11) is 0. The third-order valence-corrected chi connectivity index (χ3v) is 5.20. The minimum Gasteiger partial charge on any atom is -0.384 e. The van der Waals surface area contributed by atoms with Crippen LogP contribution in [0.5, 0.6) is 0 Å². The summed E-state index contributed by atoms with van der Waals surface area (Å²) in [5.41, 5.74) is -0.122. The summed E-state index contributed by atoms with van der Waals surface area (Å²) < 4.78 is 13.0. The first kappa shape index (κ1) is 20.8. The second-order valence-corrected chi connectivity index (χ2v) is 7.54. The van der Waals surface area contributed by atoms with Gasteiger partial charge in [-0.1, -0.05) is 30.3 Å². The Morgan fingerprint density at radius 2 is 1.72 bits per heavy atom. The van der Waals surface area contributed by atoms with Crippen LogP contribution in [0.1, 0.15) is 35.7 Å². The highest BCUT2D eigenvalue weighted by Crippen LogP contribution is 2.20. The van der Waals surface area contributed by atoms with E-state index in [2.05, 4.69) is 10.6 Å². The number of likely N-dealkylation sites (tertiary alicyclic amines) is 1. The van der Waals surface area contributed by atoms with Gasteiger partial charge in [0.05, 0.1) is 6.54 Å². The standard InChI is InChI=1S/C22H26FN3O3/c1-22(29,17-7-9-18(23)10-8-17)15-24-21(28)25-19-11-13-26(14-12-19)20(27)16-5-3-2-4-6-16/h2-10,19,29H,11-15H2,1H3,(H2,24,25,28). The fourth-order valence-electron chi connectivity index (χ4n) is 3.39. The number of halogens is 1. The first-order valence-corrected chi connectivity index (χ1v) is 9.72. The van der Waals surface area contributed by atoms with E-state index < -0.39 is 5.60 Å². The van der Waals surface area contributed by atoms with E-state index in [1.54, 1.807) is 24.0 Å². The Hall–Kier alpha value is -2.93. The molecule has 0 spiro atoms. The van der Waals surface area contributed by atoms with Gasteiger partial charge in [0.1, 0.15) is 11.4 Å². The van der Waals surface area contributed by atoms with Gasteiger partial charge < -0.3 is 20.6 Å². The molecule has 1 unspecified atom stereocenters. The first-order valence-electron chi connectivity index (χ1n) is 9.72. The van der Waals surface area contributed by atoms with Gasteiger partial charge in [0.25, 0.3) is 5.91 Å². The van der Waals surface area contributed by atoms with Gasteiger partial charge >= 0.3 is 6.03 Å². The molecule has 2 aromatic rings. The number of piperidine rings is 1. The zero-order chi connectivity index (χ0) is 20.9. The monoisotopic (exact) mass is 399 g/mol. The number of aliphatic hydroxyl groups is 1. The van der Waals surface area contributed by atoms with Crippen molar-refractivity contribution < 1.29 is 19.1 Å². The maximum atomic E-state index is 13.0. The number of nitrogens with zero attached hydrogens (tertiary/aromatic N) is 1. The van der Waals surface area contributed by atoms with Gasteiger partial charge in [0, 0.05) is 24.7 Å². The minimum absolute atomic E-state index is 0.00356. The Kier molecular flexibility index (Phi) is 6.49. The van der Waals surface area contributed by atoms with Crippen LogP contribution in [-0.2, 0) is 5.60 Å². The molecule has 154 valence electrons. The quantitative estimate of drug-likeness (QED) is 0.723. The molecule has 3 amide bonds. The number of carbonyl (C=O) groups is 2. The molecule has 29 heavy (non-hydrogen) atoms. The lowest BCUT2D eigenvalue weighted by Gasteiger charge is -2.33. The van der Waals surface area contributed by atoms with Crippen LogP contribution in [0, 0.1) is 5.82 Å². The number of amides is 3. The molecule has 3 rings (SSSR count). The molecule has 1 atom stereocenters. The van der Waals surface area contributed by atoms with Crippen LogP contribution in [0.2, 0.25) is 0 Å². The number of benzene rings is 2. The van der Waals surface area contributed by atoms with Crippen LogP contribution < -0.4 is 10.6 Å². The van der Waals surface area contributed by atoms with Crippen LogP contribution in [0.3, 0.4) is 0 Å². The summed E-state index contributed by atoms with van der Waals surface area (Å²) in [5, 5.41) is 16.1. The van der Waals surface area contributed by atoms with Gasteiger partial charge in [-0.2, -0.15) is 0 Å². The predicted octanol–water partition coefficient (Wildman–Crippen LogP) is 2.64. The highest BCUT2D eigenvalue weighted by atomic mass is 19.1. The van der Waals surface area contributed by atoms with Crippen molar-refractivity contribution in [1.29, 1.82) is 0 Å². The topological polar surface area (TPSA) is 81.7 Å². The largest absolute Gasteiger partial charge is 0.384 e. The molecule has 1 aliphatic heterocycles. The molecule has 0 bridgehead atoms. The molecule has 6 nitrogen and oxygen atoms in total. The number of hydrogen-bond donors (Lipinski definition) is 3. The lowest BCUT2D eigenvalue weighted by Crippen LogP contribution is -2.50. The zero-order valence-corrected chi connectivity index (χ0v) is 16.4. The van der Waals surface area contributed by atoms with Crippen molar-refractivity contribution in [3.8, 4) is 0 Å². The summed E-state index contributed by atoms with van der Waals surface area (Å²) in [5.74, 6) is -0.379. The van der Waals surface area contributed by atoms with Gasteiger partial charge in [-0.25, -0.2) is 9.18 Å². The molecule has 0 radical (unpaired) electrons. The third kappa shape index (κ3) is 5.54. The molecule has 0 aromatic heterocycles. The van der Waals surface area contributed by atoms with Gasteiger partial charge in [0.15, 0.2) is 0 Å². The van der Waals surface area contributed by atoms with E-state index in [9.17, 15) is 19.1 Å². The summed E-state index contributed by atoms with van der Waals surface area (Å²) >= 11 is 0. The van der Waals surface area contributed by atoms with Crippen molar-refractivity contribution in [3.63, 3.8) is 0 Å². The second kappa shape index (κ2) is 9.05. The second-order valence-electron chi connectivity index (χ2n) is 7.54. The molecule has 0 saturated carbocycles. The smallest absolute Gasteiger partial charge is 0.315 e. The van der Waals surface area contributed by atoms with Crippen molar-refractivity contribution in [1.82, 2.24) is 15.5 Å². The van der Waals surface area contributed by atoms with Crippen molar-refractivity contribution in [3.05, 3.63) is 71.5 Å². The number of rotatable bonds is 5. The van der Waals surface area contributed by atoms with Crippen LogP contribution in [0.25, 0.3) is 0 Å². The fourth-order valence-corrected chi connectivity index (χ4v) is 3.39. The number of hydrogen-bond acceptors (Lipinski definition) is 3. The highest BCUT2D eigenvalue weighted by molar-refractivity contribution is 5.94. The van der Waals surface area contributed by atoms with Gasteiger partial charge in [0.2, 0.25) is 0 Å². The fraction of sp³-hybridized carbons (Fsp3) is 0.364. The maximum absolute atomic E-state index is 13.0. The average molecular weight is 399 g/mol. The number of nitrogens with one attached hydrogen (secondary N) is 2. The summed E-state index contributed by atoms with van der Waals surface area (Å²) in [6.45, 7) is 2.71. The molecule has 1 fully saturated rings. The highest BCUT2D eigenvalue weighted by Gasteiger charge is 2.26. The first-order chi connectivity index (χ1) is 13.8. The number of urea groups is 1. The van der Waals surface area contributed by atoms with Crippen molar-refractivity contribution in [2.24, 2.45) is 0 Å². The molecule has 1 heterocycles. The predicted molar refractivity (Wildman–Crippen MR) is 108 cm³/mol. The Bertz CT molecular complexity index is 832. The molecule has 1 saturated heterocycles. The Morgan fingerprint density at radius 1 is 1.10 bits per heavy atom. The zero-order valence-electron chi connectivity index (χ0n) is 16.4. The van der Waals surface area contributed by atoms with Gasteiger partial charge in [-0.3, -0.25) is 4.79 Å². The molecule has 0 aliphatic carbocycles. The Labute approximate surface area is 169 Å². The van der Waals surface area contributed by atoms with Gasteiger partial charge in [-0.15, -0.1) is 0 Å². The summed E-state index contributed by atoms with van der Waals surface area (Å²) in [6.07, 6.45) is 1.33. The van der Waals surface area contributed by atoms with E-state index in [0.717, 1.165) is 0 Å². The molecular weight excluding hydrogens is 373 g/mol. The molecule has 7 heteroatoms. The Morgan fingerprint density at radius 3 is 2.34 bits per heavy atom. The van der Waals surface area contributed by atoms with E-state index in [1.807, 2.05) is 18.2 Å². The van der Waals surface area contributed by atoms with E-state index in [0.29, 0.717) is 37.1 Å². The molecule has 2 aromatic carbocycles. The normalized spacial score (nSPS) is 16.7. The van der Waals surface area contributed by atoms with Crippen molar-refractivity contribution in [2.45, 2.75) is 31.4 Å². The Balaban J connectivity index is 1.44. The molecular formula is C22H26FN3O3. The van der Waals surface area contributed by atoms with Crippen LogP contribution in [-0.4, -0.2) is 47.6 Å². The molecule has 1 aliphatic rings. The molecule has 3 N–H and O–H groups in total. The van der Waals surface area contributed by atoms with Crippen LogP contribution in [0.4, 0.5) is 9.18 Å². The van der Waals surface area contributed by atoms with Gasteiger partial charge in [-0.05, 0) is 49.6 Å². The third-order valence-electron chi connectivity index (χ3n) is 5.20.